The zero-order chi connectivity index (χ0) is 16.9. The maximum Gasteiger partial charge on any atom is 0.324 e. The molecule has 0 radical (unpaired) electrons. The summed E-state index contributed by atoms with van der Waals surface area (Å²) in [7, 11) is 0. The molecule has 1 aliphatic heterocycles. The van der Waals surface area contributed by atoms with E-state index in [1.54, 1.807) is 0 Å². The predicted octanol–water partition coefficient (Wildman–Crippen LogP) is 1.82. The van der Waals surface area contributed by atoms with Gasteiger partial charge in [0.05, 0.1) is 35.3 Å². The van der Waals surface area contributed by atoms with Gasteiger partial charge in [0, 0.05) is 19.2 Å². The van der Waals surface area contributed by atoms with Crippen molar-refractivity contribution in [3.05, 3.63) is 51.0 Å². The number of nitrogens with zero attached hydrogens (tertiary/aromatic N) is 3. The van der Waals surface area contributed by atoms with Gasteiger partial charge in [-0.05, 0) is 18.2 Å². The number of hydrogen-bond donors (Lipinski definition) is 1. The van der Waals surface area contributed by atoms with Crippen LogP contribution in [-0.4, -0.2) is 42.1 Å². The summed E-state index contributed by atoms with van der Waals surface area (Å²) in [6, 6.07) is 8.45. The molecule has 24 heavy (non-hydrogen) atoms. The second-order valence-corrected chi connectivity index (χ2v) is 6.23. The van der Waals surface area contributed by atoms with Crippen molar-refractivity contribution >= 4 is 28.1 Å². The molecular formula is C15H16N4O4S. The van der Waals surface area contributed by atoms with Crippen LogP contribution in [0.5, 0.6) is 0 Å². The number of morpholine rings is 1. The first-order chi connectivity index (χ1) is 11.6. The van der Waals surface area contributed by atoms with Gasteiger partial charge in [0.25, 0.3) is 5.91 Å². The average molecular weight is 348 g/mol. The van der Waals surface area contributed by atoms with Crippen LogP contribution in [0.3, 0.4) is 0 Å². The number of nitrogens with one attached hydrogen (secondary N) is 1. The lowest BCUT2D eigenvalue weighted by Crippen LogP contribution is -2.37. The quantitative estimate of drug-likeness (QED) is 0.654. The lowest BCUT2D eigenvalue weighted by atomic mass is 10.3. The highest BCUT2D eigenvalue weighted by Gasteiger charge is 2.16. The molecule has 0 saturated carbocycles. The first kappa shape index (κ1) is 16.3. The predicted molar refractivity (Wildman–Crippen MR) is 89.4 cm³/mol. The zero-order valence-corrected chi connectivity index (χ0v) is 13.6. The van der Waals surface area contributed by atoms with Crippen LogP contribution in [0.15, 0.2) is 30.3 Å². The van der Waals surface area contributed by atoms with Crippen molar-refractivity contribution < 1.29 is 14.5 Å². The molecule has 8 nitrogen and oxygen atoms in total. The molecule has 1 N–H and O–H groups in total. The van der Waals surface area contributed by atoms with Gasteiger partial charge in [-0.25, -0.2) is 4.98 Å². The van der Waals surface area contributed by atoms with E-state index < -0.39 is 4.92 Å². The summed E-state index contributed by atoms with van der Waals surface area (Å²) in [5.41, 5.74) is 0.735. The number of carbonyl (C=O) groups is 1. The Labute approximate surface area is 142 Å². The minimum absolute atomic E-state index is 0.0485. The van der Waals surface area contributed by atoms with E-state index >= 15 is 0 Å². The van der Waals surface area contributed by atoms with Crippen molar-refractivity contribution in [1.29, 1.82) is 0 Å². The van der Waals surface area contributed by atoms with Crippen molar-refractivity contribution in [3.63, 3.8) is 0 Å². The Bertz CT molecular complexity index is 743. The summed E-state index contributed by atoms with van der Waals surface area (Å²) in [6.07, 6.45) is 0. The zero-order valence-electron chi connectivity index (χ0n) is 12.8. The van der Waals surface area contributed by atoms with E-state index in [2.05, 4.69) is 15.2 Å². The first-order valence-corrected chi connectivity index (χ1v) is 8.26. The molecule has 9 heteroatoms. The van der Waals surface area contributed by atoms with Gasteiger partial charge < -0.3 is 15.0 Å². The molecule has 1 fully saturated rings. The molecule has 0 spiro atoms. The third kappa shape index (κ3) is 3.87. The lowest BCUT2D eigenvalue weighted by Gasteiger charge is -2.28. The fourth-order valence-corrected chi connectivity index (χ4v) is 3.08. The van der Waals surface area contributed by atoms with Gasteiger partial charge in [-0.3, -0.25) is 14.9 Å². The molecular weight excluding hydrogens is 332 g/mol. The van der Waals surface area contributed by atoms with Crippen LogP contribution in [0, 0.1) is 10.1 Å². The van der Waals surface area contributed by atoms with Crippen molar-refractivity contribution in [2.75, 3.05) is 31.2 Å². The number of amides is 1. The topological polar surface area (TPSA) is 97.6 Å². The van der Waals surface area contributed by atoms with Gasteiger partial charge in [0.15, 0.2) is 0 Å². The summed E-state index contributed by atoms with van der Waals surface area (Å²) in [5, 5.41) is 13.4. The van der Waals surface area contributed by atoms with Crippen molar-refractivity contribution in [1.82, 2.24) is 10.3 Å². The molecule has 3 heterocycles. The number of hydrogen-bond acceptors (Lipinski definition) is 7. The van der Waals surface area contributed by atoms with E-state index in [4.69, 9.17) is 4.74 Å². The van der Waals surface area contributed by atoms with E-state index in [9.17, 15) is 14.9 Å². The van der Waals surface area contributed by atoms with Crippen LogP contribution in [0.25, 0.3) is 0 Å². The summed E-state index contributed by atoms with van der Waals surface area (Å²) in [6.45, 7) is 3.21. The van der Waals surface area contributed by atoms with Crippen molar-refractivity contribution in [2.24, 2.45) is 0 Å². The highest BCUT2D eigenvalue weighted by atomic mass is 32.1. The van der Waals surface area contributed by atoms with Gasteiger partial charge >= 0.3 is 5.00 Å². The molecule has 3 rings (SSSR count). The van der Waals surface area contributed by atoms with Gasteiger partial charge in [0.1, 0.15) is 5.82 Å². The number of nitro groups is 1. The van der Waals surface area contributed by atoms with Crippen molar-refractivity contribution in [2.45, 2.75) is 6.54 Å². The normalized spacial score (nSPS) is 14.4. The van der Waals surface area contributed by atoms with Gasteiger partial charge in [-0.15, -0.1) is 0 Å². The van der Waals surface area contributed by atoms with Crippen LogP contribution in [-0.2, 0) is 11.3 Å². The summed E-state index contributed by atoms with van der Waals surface area (Å²) >= 11 is 0.856. The standard InChI is InChI=1S/C15H16N4O4S/c20-15(12-4-5-14(24-12)19(21)22)16-10-11-2-1-3-13(17-11)18-6-8-23-9-7-18/h1-5H,6-10H2,(H,16,20). The first-order valence-electron chi connectivity index (χ1n) is 7.44. The van der Waals surface area contributed by atoms with Crippen LogP contribution in [0.2, 0.25) is 0 Å². The van der Waals surface area contributed by atoms with Gasteiger partial charge in [0.2, 0.25) is 0 Å². The molecule has 0 unspecified atom stereocenters. The second-order valence-electron chi connectivity index (χ2n) is 5.16. The highest BCUT2D eigenvalue weighted by Crippen LogP contribution is 2.23. The number of rotatable bonds is 5. The molecule has 1 saturated heterocycles. The fourth-order valence-electron chi connectivity index (χ4n) is 2.34. The third-order valence-corrected chi connectivity index (χ3v) is 4.59. The number of anilines is 1. The Morgan fingerprint density at radius 1 is 1.33 bits per heavy atom. The van der Waals surface area contributed by atoms with Crippen LogP contribution < -0.4 is 10.2 Å². The van der Waals surface area contributed by atoms with Crippen molar-refractivity contribution in [3.8, 4) is 0 Å². The monoisotopic (exact) mass is 348 g/mol. The average Bonchev–Trinajstić information content (AvgIpc) is 3.11. The Hall–Kier alpha value is -2.52. The summed E-state index contributed by atoms with van der Waals surface area (Å²) < 4.78 is 5.32. The largest absolute Gasteiger partial charge is 0.378 e. The molecule has 2 aromatic rings. The minimum Gasteiger partial charge on any atom is -0.378 e. The molecule has 0 aromatic carbocycles. The minimum atomic E-state index is -0.505. The SMILES string of the molecule is O=C(NCc1cccc(N2CCOCC2)n1)c1ccc([N+](=O)[O-])s1. The number of pyridine rings is 1. The Morgan fingerprint density at radius 3 is 2.83 bits per heavy atom. The van der Waals surface area contributed by atoms with Crippen LogP contribution >= 0.6 is 11.3 Å². The van der Waals surface area contributed by atoms with Gasteiger partial charge in [-0.1, -0.05) is 17.4 Å². The van der Waals surface area contributed by atoms with E-state index in [0.717, 1.165) is 35.9 Å². The highest BCUT2D eigenvalue weighted by molar-refractivity contribution is 7.17. The smallest absolute Gasteiger partial charge is 0.324 e. The van der Waals surface area contributed by atoms with E-state index in [1.165, 1.54) is 12.1 Å². The third-order valence-electron chi connectivity index (χ3n) is 3.55. The Kier molecular flexibility index (Phi) is 5.02. The van der Waals surface area contributed by atoms with E-state index in [0.29, 0.717) is 18.1 Å². The molecule has 0 atom stereocenters. The Balaban J connectivity index is 1.61. The van der Waals surface area contributed by atoms with Gasteiger partial charge in [-0.2, -0.15) is 0 Å². The van der Waals surface area contributed by atoms with E-state index in [1.807, 2.05) is 18.2 Å². The lowest BCUT2D eigenvalue weighted by molar-refractivity contribution is -0.380. The maximum absolute atomic E-state index is 12.1. The second kappa shape index (κ2) is 7.37. The number of thiophene rings is 1. The molecule has 1 aliphatic rings. The Morgan fingerprint density at radius 2 is 2.12 bits per heavy atom. The molecule has 0 aliphatic carbocycles. The molecule has 0 bridgehead atoms. The summed E-state index contributed by atoms with van der Waals surface area (Å²) in [5.74, 6) is 0.517. The van der Waals surface area contributed by atoms with E-state index in [-0.39, 0.29) is 17.5 Å². The van der Waals surface area contributed by atoms with Crippen LogP contribution in [0.4, 0.5) is 10.8 Å². The summed E-state index contributed by atoms with van der Waals surface area (Å²) in [4.78, 5) is 29.2. The van der Waals surface area contributed by atoms with Crippen LogP contribution in [0.1, 0.15) is 15.4 Å². The molecule has 126 valence electrons. The number of carbonyl (C=O) groups excluding carboxylic acids is 1. The molecule has 2 aromatic heterocycles. The molecule has 1 amide bonds. The number of aromatic nitrogens is 1. The fraction of sp³-hybridized carbons (Fsp3) is 0.333. The maximum atomic E-state index is 12.1. The number of ether oxygens (including phenoxy) is 1.